The Bertz CT molecular complexity index is 1400. The van der Waals surface area contributed by atoms with Gasteiger partial charge in [-0.3, -0.25) is 9.13 Å². The number of aryl methyl sites for hydroxylation is 2. The van der Waals surface area contributed by atoms with E-state index in [0.29, 0.717) is 29.0 Å². The molecule has 4 aromatic rings. The molecule has 0 radical (unpaired) electrons. The van der Waals surface area contributed by atoms with Crippen molar-refractivity contribution in [3.8, 4) is 17.2 Å². The lowest BCUT2D eigenvalue weighted by atomic mass is 10.2. The maximum absolute atomic E-state index is 12.7. The maximum Gasteiger partial charge on any atom is 0.328 e. The molecular weight excluding hydrogens is 420 g/mol. The van der Waals surface area contributed by atoms with Crippen LogP contribution < -0.4 is 15.1 Å². The van der Waals surface area contributed by atoms with Crippen LogP contribution in [0, 0.1) is 0 Å². The van der Waals surface area contributed by atoms with Gasteiger partial charge in [-0.1, -0.05) is 0 Å². The van der Waals surface area contributed by atoms with E-state index in [0.717, 1.165) is 11.3 Å². The first kappa shape index (κ1) is 20.9. The van der Waals surface area contributed by atoms with Gasteiger partial charge in [0.05, 0.1) is 28.7 Å². The molecular formula is C21H22N4O5S. The van der Waals surface area contributed by atoms with Crippen molar-refractivity contribution in [3.63, 3.8) is 0 Å². The molecule has 4 rings (SSSR count). The lowest BCUT2D eigenvalue weighted by Gasteiger charge is -2.06. The van der Waals surface area contributed by atoms with Gasteiger partial charge in [-0.25, -0.2) is 22.9 Å². The van der Waals surface area contributed by atoms with Gasteiger partial charge in [0.2, 0.25) is 15.9 Å². The maximum atomic E-state index is 12.7. The van der Waals surface area contributed by atoms with Gasteiger partial charge in [0.1, 0.15) is 12.0 Å². The molecule has 0 aliphatic heterocycles. The summed E-state index contributed by atoms with van der Waals surface area (Å²) >= 11 is 0. The third kappa shape index (κ3) is 3.99. The second kappa shape index (κ2) is 8.05. The standard InChI is InChI=1S/C21H22N4O5S/c1-24-18-9-8-17(12-19(18)25(2)21(24)26)31(27,28)22-11-10-15-13-30-20(23-15)14-4-6-16(29-3)7-5-14/h4-9,12-13,22H,10-11H2,1-3H3. The fourth-order valence-electron chi connectivity index (χ4n) is 3.34. The van der Waals surface area contributed by atoms with E-state index in [9.17, 15) is 13.2 Å². The molecule has 0 fully saturated rings. The Labute approximate surface area is 179 Å². The molecule has 9 nitrogen and oxygen atoms in total. The number of fused-ring (bicyclic) bond motifs is 1. The van der Waals surface area contributed by atoms with E-state index in [1.54, 1.807) is 27.3 Å². The number of aromatic nitrogens is 3. The van der Waals surface area contributed by atoms with Crippen LogP contribution in [0.25, 0.3) is 22.5 Å². The van der Waals surface area contributed by atoms with Crippen LogP contribution in [-0.4, -0.2) is 36.2 Å². The van der Waals surface area contributed by atoms with Gasteiger partial charge in [0.25, 0.3) is 0 Å². The van der Waals surface area contributed by atoms with Crippen LogP contribution in [-0.2, 0) is 30.5 Å². The van der Waals surface area contributed by atoms with Crippen LogP contribution in [0.3, 0.4) is 0 Å². The molecule has 0 spiro atoms. The molecule has 1 N–H and O–H groups in total. The Morgan fingerprint density at radius 2 is 1.77 bits per heavy atom. The number of benzene rings is 2. The van der Waals surface area contributed by atoms with Crippen LogP contribution in [0.5, 0.6) is 5.75 Å². The average molecular weight is 442 g/mol. The Hall–Kier alpha value is -3.37. The van der Waals surface area contributed by atoms with E-state index in [2.05, 4.69) is 9.71 Å². The number of hydrogen-bond acceptors (Lipinski definition) is 6. The number of methoxy groups -OCH3 is 1. The second-order valence-corrected chi connectivity index (χ2v) is 8.84. The average Bonchev–Trinajstić information content (AvgIpc) is 3.33. The largest absolute Gasteiger partial charge is 0.497 e. The third-order valence-electron chi connectivity index (χ3n) is 5.12. The number of rotatable bonds is 7. The van der Waals surface area contributed by atoms with Crippen LogP contribution in [0.1, 0.15) is 5.69 Å². The highest BCUT2D eigenvalue weighted by molar-refractivity contribution is 7.89. The van der Waals surface area contributed by atoms with Crippen molar-refractivity contribution in [1.29, 1.82) is 0 Å². The van der Waals surface area contributed by atoms with E-state index in [1.165, 1.54) is 27.5 Å². The van der Waals surface area contributed by atoms with Crippen LogP contribution >= 0.6 is 0 Å². The predicted molar refractivity (Wildman–Crippen MR) is 116 cm³/mol. The molecule has 0 bridgehead atoms. The van der Waals surface area contributed by atoms with Crippen LogP contribution in [0.15, 0.2) is 62.8 Å². The molecule has 2 aromatic carbocycles. The van der Waals surface area contributed by atoms with Gasteiger partial charge in [0.15, 0.2) is 0 Å². The Morgan fingerprint density at radius 1 is 1.06 bits per heavy atom. The van der Waals surface area contributed by atoms with E-state index >= 15 is 0 Å². The number of imidazole rings is 1. The smallest absolute Gasteiger partial charge is 0.328 e. The number of ether oxygens (including phenoxy) is 1. The zero-order valence-electron chi connectivity index (χ0n) is 17.3. The topological polar surface area (TPSA) is 108 Å². The summed E-state index contributed by atoms with van der Waals surface area (Å²) in [6.45, 7) is 0.155. The van der Waals surface area contributed by atoms with Crippen molar-refractivity contribution in [2.45, 2.75) is 11.3 Å². The van der Waals surface area contributed by atoms with Gasteiger partial charge in [-0.05, 0) is 42.5 Å². The van der Waals surface area contributed by atoms with Crippen molar-refractivity contribution in [1.82, 2.24) is 18.8 Å². The van der Waals surface area contributed by atoms with Gasteiger partial charge in [-0.15, -0.1) is 0 Å². The lowest BCUT2D eigenvalue weighted by molar-refractivity contribution is 0.415. The Morgan fingerprint density at radius 3 is 2.48 bits per heavy atom. The lowest BCUT2D eigenvalue weighted by Crippen LogP contribution is -2.26. The normalized spacial score (nSPS) is 11.8. The highest BCUT2D eigenvalue weighted by Gasteiger charge is 2.17. The van der Waals surface area contributed by atoms with E-state index in [1.807, 2.05) is 24.3 Å². The summed E-state index contributed by atoms with van der Waals surface area (Å²) in [5, 5.41) is 0. The van der Waals surface area contributed by atoms with Crippen molar-refractivity contribution in [2.75, 3.05) is 13.7 Å². The molecule has 2 heterocycles. The molecule has 0 atom stereocenters. The first-order valence-corrected chi connectivity index (χ1v) is 11.0. The summed E-state index contributed by atoms with van der Waals surface area (Å²) < 4.78 is 41.5. The fraction of sp³-hybridized carbons (Fsp3) is 0.238. The van der Waals surface area contributed by atoms with Crippen LogP contribution in [0.2, 0.25) is 0 Å². The van der Waals surface area contributed by atoms with Gasteiger partial charge in [-0.2, -0.15) is 0 Å². The molecule has 0 aliphatic carbocycles. The van der Waals surface area contributed by atoms with Crippen molar-refractivity contribution in [2.24, 2.45) is 14.1 Å². The van der Waals surface area contributed by atoms with Crippen LogP contribution in [0.4, 0.5) is 0 Å². The Kier molecular flexibility index (Phi) is 5.42. The summed E-state index contributed by atoms with van der Waals surface area (Å²) in [6.07, 6.45) is 1.88. The zero-order valence-corrected chi connectivity index (χ0v) is 18.1. The van der Waals surface area contributed by atoms with Crippen molar-refractivity contribution < 1.29 is 17.6 Å². The SMILES string of the molecule is COc1ccc(-c2nc(CCNS(=O)(=O)c3ccc4c(c3)n(C)c(=O)n4C)co2)cc1. The quantitative estimate of drug-likeness (QED) is 0.469. The van der Waals surface area contributed by atoms with Gasteiger partial charge >= 0.3 is 5.69 Å². The Balaban J connectivity index is 1.44. The minimum atomic E-state index is -3.74. The molecule has 0 unspecified atom stereocenters. The van der Waals surface area contributed by atoms with Crippen molar-refractivity contribution in [3.05, 3.63) is 64.9 Å². The summed E-state index contributed by atoms with van der Waals surface area (Å²) in [4.78, 5) is 16.6. The summed E-state index contributed by atoms with van der Waals surface area (Å²) in [7, 11) is 1.11. The first-order valence-electron chi connectivity index (χ1n) is 9.54. The van der Waals surface area contributed by atoms with E-state index in [-0.39, 0.29) is 17.1 Å². The summed E-state index contributed by atoms with van der Waals surface area (Å²) in [5.74, 6) is 1.19. The predicted octanol–water partition coefficient (Wildman–Crippen LogP) is 2.06. The first-order chi connectivity index (χ1) is 14.8. The number of sulfonamides is 1. The molecule has 2 aromatic heterocycles. The minimum Gasteiger partial charge on any atom is -0.497 e. The highest BCUT2D eigenvalue weighted by Crippen LogP contribution is 2.22. The second-order valence-electron chi connectivity index (χ2n) is 7.07. The summed E-state index contributed by atoms with van der Waals surface area (Å²) in [6, 6.07) is 11.9. The summed E-state index contributed by atoms with van der Waals surface area (Å²) in [5.41, 5.74) is 2.44. The molecule has 0 aliphatic rings. The van der Waals surface area contributed by atoms with E-state index < -0.39 is 10.0 Å². The number of nitrogens with zero attached hydrogens (tertiary/aromatic N) is 3. The van der Waals surface area contributed by atoms with Crippen molar-refractivity contribution >= 4 is 21.1 Å². The minimum absolute atomic E-state index is 0.0975. The molecule has 10 heteroatoms. The molecule has 0 amide bonds. The molecule has 31 heavy (non-hydrogen) atoms. The number of hydrogen-bond donors (Lipinski definition) is 1. The van der Waals surface area contributed by atoms with E-state index in [4.69, 9.17) is 9.15 Å². The molecule has 162 valence electrons. The third-order valence-corrected chi connectivity index (χ3v) is 6.57. The fourth-order valence-corrected chi connectivity index (χ4v) is 4.39. The zero-order chi connectivity index (χ0) is 22.2. The highest BCUT2D eigenvalue weighted by atomic mass is 32.2. The molecule has 0 saturated heterocycles. The number of oxazole rings is 1. The monoisotopic (exact) mass is 442 g/mol. The van der Waals surface area contributed by atoms with Gasteiger partial charge < -0.3 is 9.15 Å². The van der Waals surface area contributed by atoms with Gasteiger partial charge in [0, 0.05) is 32.6 Å². The molecule has 0 saturated carbocycles. The number of nitrogens with one attached hydrogen (secondary N) is 1.